The molecule has 1 aliphatic rings. The van der Waals surface area contributed by atoms with Gasteiger partial charge in [0.1, 0.15) is 11.5 Å². The van der Waals surface area contributed by atoms with E-state index < -0.39 is 0 Å². The van der Waals surface area contributed by atoms with Gasteiger partial charge < -0.3 is 25.3 Å². The Balaban J connectivity index is 1.63. The van der Waals surface area contributed by atoms with E-state index >= 15 is 0 Å². The Morgan fingerprint density at radius 2 is 1.79 bits per heavy atom. The van der Waals surface area contributed by atoms with Crippen LogP contribution in [0.4, 0.5) is 5.95 Å². The van der Waals surface area contributed by atoms with Crippen molar-refractivity contribution in [3.05, 3.63) is 40.5 Å². The lowest BCUT2D eigenvalue weighted by atomic mass is 10.0. The van der Waals surface area contributed by atoms with Gasteiger partial charge in [-0.15, -0.1) is 0 Å². The summed E-state index contributed by atoms with van der Waals surface area (Å²) in [5.41, 5.74) is 8.32. The van der Waals surface area contributed by atoms with Gasteiger partial charge in [0.15, 0.2) is 0 Å². The summed E-state index contributed by atoms with van der Waals surface area (Å²) in [4.78, 5) is 20.9. The van der Waals surface area contributed by atoms with Crippen LogP contribution in [0.1, 0.15) is 12.8 Å². The summed E-state index contributed by atoms with van der Waals surface area (Å²) in [6.45, 7) is 0. The van der Waals surface area contributed by atoms with E-state index in [1.165, 1.54) is 21.3 Å². The number of carbonyl (C=O) groups excluding carboxylic acids is 1. The molecule has 8 nitrogen and oxygen atoms in total. The first kappa shape index (κ1) is 23.4. The number of anilines is 1. The van der Waals surface area contributed by atoms with E-state index in [4.69, 9.17) is 43.1 Å². The zero-order valence-corrected chi connectivity index (χ0v) is 19.9. The van der Waals surface area contributed by atoms with Crippen LogP contribution in [-0.2, 0) is 9.53 Å². The number of hydrogen-bond acceptors (Lipinski definition) is 8. The highest BCUT2D eigenvalue weighted by Gasteiger charge is 2.36. The molecule has 3 atom stereocenters. The van der Waals surface area contributed by atoms with E-state index in [2.05, 4.69) is 15.3 Å². The van der Waals surface area contributed by atoms with Gasteiger partial charge in [-0.2, -0.15) is 0 Å². The van der Waals surface area contributed by atoms with Crippen LogP contribution in [0, 0.1) is 5.92 Å². The lowest BCUT2D eigenvalue weighted by molar-refractivity contribution is -0.145. The third-order valence-corrected chi connectivity index (χ3v) is 6.65. The van der Waals surface area contributed by atoms with Gasteiger partial charge in [-0.1, -0.05) is 29.3 Å². The molecule has 1 aliphatic carbocycles. The van der Waals surface area contributed by atoms with E-state index in [1.807, 2.05) is 18.2 Å². The van der Waals surface area contributed by atoms with Crippen molar-refractivity contribution >= 4 is 46.0 Å². The predicted molar refractivity (Wildman–Crippen MR) is 128 cm³/mol. The van der Waals surface area contributed by atoms with Crippen LogP contribution in [0.2, 0.25) is 10.0 Å². The molecule has 0 saturated heterocycles. The second-order valence-electron chi connectivity index (χ2n) is 7.86. The minimum absolute atomic E-state index is 0.118. The number of aromatic nitrogens is 2. The third-order valence-electron chi connectivity index (χ3n) is 5.90. The maximum atomic E-state index is 11.8. The normalized spacial score (nSPS) is 20.0. The standard InChI is InChI=1S/C23H24Cl2N4O4/c1-31-17-9-18(32-2)21(25)19(20(17)24)11-4-5-15-13(6-11)10-27-23(28-15)29-16-8-12(7-14(16)26)22(30)33-3/h4-6,9-10,12,14,16H,7-8,26H2,1-3H3,(H,27,28,29)/t12-,14?,16?/m0/s1. The van der Waals surface area contributed by atoms with Crippen molar-refractivity contribution in [2.24, 2.45) is 11.7 Å². The molecule has 1 heterocycles. The summed E-state index contributed by atoms with van der Waals surface area (Å²) in [6, 6.07) is 6.98. The highest BCUT2D eigenvalue weighted by molar-refractivity contribution is 6.41. The molecule has 174 valence electrons. The largest absolute Gasteiger partial charge is 0.495 e. The molecule has 0 amide bonds. The molecule has 1 fully saturated rings. The average Bonchev–Trinajstić information content (AvgIpc) is 3.18. The van der Waals surface area contributed by atoms with Gasteiger partial charge in [0.25, 0.3) is 0 Å². The number of halogens is 2. The fourth-order valence-corrected chi connectivity index (χ4v) is 4.88. The first-order chi connectivity index (χ1) is 15.9. The molecule has 0 aliphatic heterocycles. The molecular weight excluding hydrogens is 467 g/mol. The SMILES string of the molecule is COC(=O)[C@H]1CC(N)C(Nc2ncc3cc(-c4c(Cl)c(OC)cc(OC)c4Cl)ccc3n2)C1. The molecule has 0 spiro atoms. The van der Waals surface area contributed by atoms with Crippen molar-refractivity contribution in [2.75, 3.05) is 26.6 Å². The Bertz CT molecular complexity index is 1180. The van der Waals surface area contributed by atoms with E-state index in [9.17, 15) is 4.79 Å². The van der Waals surface area contributed by atoms with Crippen LogP contribution >= 0.6 is 23.2 Å². The van der Waals surface area contributed by atoms with Crippen LogP contribution in [0.5, 0.6) is 11.5 Å². The highest BCUT2D eigenvalue weighted by Crippen LogP contribution is 2.46. The smallest absolute Gasteiger partial charge is 0.308 e. The zero-order chi connectivity index (χ0) is 23.7. The molecule has 10 heteroatoms. The van der Waals surface area contributed by atoms with Gasteiger partial charge in [0.05, 0.1) is 42.8 Å². The molecule has 3 N–H and O–H groups in total. The second kappa shape index (κ2) is 9.59. The number of nitrogens with one attached hydrogen (secondary N) is 1. The number of fused-ring (bicyclic) bond motifs is 1. The Hall–Kier alpha value is -2.81. The summed E-state index contributed by atoms with van der Waals surface area (Å²) in [5.74, 6) is 0.900. The number of nitrogens with zero attached hydrogens (tertiary/aromatic N) is 2. The number of carbonyl (C=O) groups is 1. The van der Waals surface area contributed by atoms with Gasteiger partial charge in [0.2, 0.25) is 5.95 Å². The highest BCUT2D eigenvalue weighted by atomic mass is 35.5. The number of ether oxygens (including phenoxy) is 3. The third kappa shape index (κ3) is 4.51. The summed E-state index contributed by atoms with van der Waals surface area (Å²) < 4.78 is 15.6. The topological polar surface area (TPSA) is 109 Å². The molecule has 1 aromatic heterocycles. The van der Waals surface area contributed by atoms with E-state index in [-0.39, 0.29) is 24.0 Å². The van der Waals surface area contributed by atoms with E-state index in [1.54, 1.807) is 12.3 Å². The van der Waals surface area contributed by atoms with Crippen molar-refractivity contribution in [3.63, 3.8) is 0 Å². The minimum Gasteiger partial charge on any atom is -0.495 e. The molecule has 1 saturated carbocycles. The first-order valence-corrected chi connectivity index (χ1v) is 11.1. The fourth-order valence-electron chi connectivity index (χ4n) is 4.16. The van der Waals surface area contributed by atoms with Gasteiger partial charge in [-0.05, 0) is 30.5 Å². The number of esters is 1. The van der Waals surface area contributed by atoms with Crippen molar-refractivity contribution in [3.8, 4) is 22.6 Å². The number of methoxy groups -OCH3 is 3. The summed E-state index contributed by atoms with van der Waals surface area (Å²) in [6.07, 6.45) is 2.85. The van der Waals surface area contributed by atoms with Crippen LogP contribution < -0.4 is 20.5 Å². The maximum Gasteiger partial charge on any atom is 0.308 e. The van der Waals surface area contributed by atoms with Crippen molar-refractivity contribution < 1.29 is 19.0 Å². The predicted octanol–water partition coefficient (Wildman–Crippen LogP) is 4.31. The second-order valence-corrected chi connectivity index (χ2v) is 8.61. The quantitative estimate of drug-likeness (QED) is 0.491. The van der Waals surface area contributed by atoms with Gasteiger partial charge >= 0.3 is 5.97 Å². The number of rotatable bonds is 6. The molecular formula is C23H24Cl2N4O4. The van der Waals surface area contributed by atoms with Crippen molar-refractivity contribution in [1.29, 1.82) is 0 Å². The lowest BCUT2D eigenvalue weighted by Crippen LogP contribution is -2.35. The molecule has 0 bridgehead atoms. The summed E-state index contributed by atoms with van der Waals surface area (Å²) in [5, 5.41) is 4.83. The molecule has 3 aromatic rings. The molecule has 33 heavy (non-hydrogen) atoms. The van der Waals surface area contributed by atoms with E-state index in [0.29, 0.717) is 45.9 Å². The summed E-state index contributed by atoms with van der Waals surface area (Å²) >= 11 is 13.1. The Morgan fingerprint density at radius 3 is 2.42 bits per heavy atom. The van der Waals surface area contributed by atoms with Gasteiger partial charge in [0, 0.05) is 35.3 Å². The van der Waals surface area contributed by atoms with Crippen molar-refractivity contribution in [1.82, 2.24) is 9.97 Å². The Kier molecular flexibility index (Phi) is 6.78. The maximum absolute atomic E-state index is 11.8. The molecule has 2 aromatic carbocycles. The van der Waals surface area contributed by atoms with Gasteiger partial charge in [-0.3, -0.25) is 4.79 Å². The Labute approximate surface area is 201 Å². The van der Waals surface area contributed by atoms with Crippen molar-refractivity contribution in [2.45, 2.75) is 24.9 Å². The van der Waals surface area contributed by atoms with Crippen LogP contribution in [0.25, 0.3) is 22.0 Å². The van der Waals surface area contributed by atoms with Gasteiger partial charge in [-0.25, -0.2) is 9.97 Å². The number of hydrogen-bond donors (Lipinski definition) is 2. The zero-order valence-electron chi connectivity index (χ0n) is 18.4. The Morgan fingerprint density at radius 1 is 1.09 bits per heavy atom. The molecule has 4 rings (SSSR count). The average molecular weight is 491 g/mol. The van der Waals surface area contributed by atoms with Crippen LogP contribution in [0.3, 0.4) is 0 Å². The molecule has 2 unspecified atom stereocenters. The fraction of sp³-hybridized carbons (Fsp3) is 0.348. The lowest BCUT2D eigenvalue weighted by Gasteiger charge is -2.17. The van der Waals surface area contributed by atoms with Crippen LogP contribution in [0.15, 0.2) is 30.5 Å². The summed E-state index contributed by atoms with van der Waals surface area (Å²) in [7, 11) is 4.45. The molecule has 0 radical (unpaired) electrons. The van der Waals surface area contributed by atoms with E-state index in [0.717, 1.165) is 16.5 Å². The van der Waals surface area contributed by atoms with Crippen LogP contribution in [-0.4, -0.2) is 49.4 Å². The number of nitrogens with two attached hydrogens (primary N) is 1. The monoisotopic (exact) mass is 490 g/mol. The minimum atomic E-state index is -0.242. The number of benzene rings is 2. The first-order valence-electron chi connectivity index (χ1n) is 10.3.